The molecule has 2 aromatic rings. The Morgan fingerprint density at radius 2 is 1.80 bits per heavy atom. The lowest BCUT2D eigenvalue weighted by Gasteiger charge is -2.14. The molecule has 1 amide bonds. The van der Waals surface area contributed by atoms with E-state index in [1.54, 1.807) is 43.5 Å². The van der Waals surface area contributed by atoms with Gasteiger partial charge in [-0.1, -0.05) is 35.3 Å². The van der Waals surface area contributed by atoms with Crippen LogP contribution in [-0.2, 0) is 20.9 Å². The van der Waals surface area contributed by atoms with Crippen molar-refractivity contribution >= 4 is 40.8 Å². The number of amides is 1. The number of hydrogen-bond acceptors (Lipinski definition) is 4. The number of carbonyl (C=O) groups excluding carboxylic acids is 2. The van der Waals surface area contributed by atoms with Crippen molar-refractivity contribution in [2.75, 3.05) is 12.4 Å². The van der Waals surface area contributed by atoms with Crippen LogP contribution >= 0.6 is 23.2 Å². The van der Waals surface area contributed by atoms with Crippen LogP contribution in [-0.4, -0.2) is 25.1 Å². The molecule has 0 saturated carbocycles. The molecule has 0 unspecified atom stereocenters. The maximum Gasteiger partial charge on any atom is 0.338 e. The summed E-state index contributed by atoms with van der Waals surface area (Å²) in [7, 11) is 1.57. The number of anilines is 1. The molecular formula is C18H17Cl2NO4. The molecule has 1 atom stereocenters. The van der Waals surface area contributed by atoms with Crippen LogP contribution in [0.2, 0.25) is 10.0 Å². The lowest BCUT2D eigenvalue weighted by atomic mass is 10.1. The summed E-state index contributed by atoms with van der Waals surface area (Å²) in [5.74, 6) is -1.08. The van der Waals surface area contributed by atoms with Crippen molar-refractivity contribution in [3.8, 4) is 0 Å². The van der Waals surface area contributed by atoms with E-state index >= 15 is 0 Å². The number of benzene rings is 2. The normalized spacial score (nSPS) is 11.7. The van der Waals surface area contributed by atoms with E-state index in [1.165, 1.54) is 6.92 Å². The molecule has 0 spiro atoms. The largest absolute Gasteiger partial charge is 0.449 e. The van der Waals surface area contributed by atoms with E-state index in [1.807, 2.05) is 6.07 Å². The van der Waals surface area contributed by atoms with Gasteiger partial charge in [0, 0.05) is 22.8 Å². The smallest absolute Gasteiger partial charge is 0.338 e. The van der Waals surface area contributed by atoms with E-state index in [0.29, 0.717) is 27.9 Å². The Balaban J connectivity index is 2.00. The molecule has 0 bridgehead atoms. The summed E-state index contributed by atoms with van der Waals surface area (Å²) in [5.41, 5.74) is 1.61. The Labute approximate surface area is 155 Å². The molecule has 1 N–H and O–H groups in total. The molecule has 5 nitrogen and oxygen atoms in total. The highest BCUT2D eigenvalue weighted by Gasteiger charge is 2.19. The molecule has 7 heteroatoms. The molecule has 132 valence electrons. The van der Waals surface area contributed by atoms with Crippen LogP contribution in [0.25, 0.3) is 0 Å². The SMILES string of the molecule is COCc1cccc(C(=O)O[C@H](C)C(=O)Nc2cc(Cl)cc(Cl)c2)c1. The van der Waals surface area contributed by atoms with Crippen molar-refractivity contribution < 1.29 is 19.1 Å². The van der Waals surface area contributed by atoms with Crippen LogP contribution in [0.15, 0.2) is 42.5 Å². The van der Waals surface area contributed by atoms with E-state index in [9.17, 15) is 9.59 Å². The van der Waals surface area contributed by atoms with E-state index < -0.39 is 18.0 Å². The first-order chi connectivity index (χ1) is 11.9. The number of esters is 1. The van der Waals surface area contributed by atoms with Crippen LogP contribution in [0.1, 0.15) is 22.8 Å². The van der Waals surface area contributed by atoms with Crippen LogP contribution in [0.5, 0.6) is 0 Å². The Hall–Kier alpha value is -2.08. The van der Waals surface area contributed by atoms with Crippen molar-refractivity contribution in [2.24, 2.45) is 0 Å². The van der Waals surface area contributed by atoms with Gasteiger partial charge in [0.2, 0.25) is 0 Å². The second-order valence-corrected chi connectivity index (χ2v) is 6.20. The molecule has 0 aromatic heterocycles. The lowest BCUT2D eigenvalue weighted by molar-refractivity contribution is -0.123. The zero-order valence-electron chi connectivity index (χ0n) is 13.7. The van der Waals surface area contributed by atoms with Gasteiger partial charge in [-0.05, 0) is 42.8 Å². The number of halogens is 2. The van der Waals surface area contributed by atoms with Crippen molar-refractivity contribution in [3.05, 3.63) is 63.6 Å². The number of ether oxygens (including phenoxy) is 2. The van der Waals surface area contributed by atoms with Gasteiger partial charge in [-0.15, -0.1) is 0 Å². The van der Waals surface area contributed by atoms with Crippen LogP contribution in [0.4, 0.5) is 5.69 Å². The van der Waals surface area contributed by atoms with E-state index in [4.69, 9.17) is 32.7 Å². The zero-order valence-corrected chi connectivity index (χ0v) is 15.2. The highest BCUT2D eigenvalue weighted by Crippen LogP contribution is 2.22. The van der Waals surface area contributed by atoms with Gasteiger partial charge in [-0.3, -0.25) is 4.79 Å². The molecule has 0 aliphatic heterocycles. The van der Waals surface area contributed by atoms with E-state index in [2.05, 4.69) is 5.32 Å². The summed E-state index contributed by atoms with van der Waals surface area (Å²) in [6, 6.07) is 11.5. The fourth-order valence-corrected chi connectivity index (χ4v) is 2.63. The number of nitrogens with one attached hydrogen (secondary N) is 1. The summed E-state index contributed by atoms with van der Waals surface area (Å²) in [6.45, 7) is 1.87. The quantitative estimate of drug-likeness (QED) is 0.756. The molecule has 0 aliphatic carbocycles. The number of methoxy groups -OCH3 is 1. The zero-order chi connectivity index (χ0) is 18.4. The van der Waals surface area contributed by atoms with Gasteiger partial charge in [0.25, 0.3) is 5.91 Å². The first kappa shape index (κ1) is 19.2. The fraction of sp³-hybridized carbons (Fsp3) is 0.222. The van der Waals surface area contributed by atoms with E-state index in [0.717, 1.165) is 5.56 Å². The van der Waals surface area contributed by atoms with Gasteiger partial charge >= 0.3 is 5.97 Å². The Bertz CT molecular complexity index is 759. The molecule has 2 rings (SSSR count). The van der Waals surface area contributed by atoms with Crippen molar-refractivity contribution in [1.29, 1.82) is 0 Å². The minimum Gasteiger partial charge on any atom is -0.449 e. The van der Waals surface area contributed by atoms with Gasteiger partial charge in [0.05, 0.1) is 12.2 Å². The highest BCUT2D eigenvalue weighted by atomic mass is 35.5. The van der Waals surface area contributed by atoms with Crippen molar-refractivity contribution in [2.45, 2.75) is 19.6 Å². The highest BCUT2D eigenvalue weighted by molar-refractivity contribution is 6.35. The predicted octanol–water partition coefficient (Wildman–Crippen LogP) is 4.32. The fourth-order valence-electron chi connectivity index (χ4n) is 2.11. The number of carbonyl (C=O) groups is 2. The summed E-state index contributed by atoms with van der Waals surface area (Å²) < 4.78 is 10.2. The number of hydrogen-bond donors (Lipinski definition) is 1. The first-order valence-corrected chi connectivity index (χ1v) is 8.20. The van der Waals surface area contributed by atoms with E-state index in [-0.39, 0.29) is 0 Å². The Morgan fingerprint density at radius 3 is 2.44 bits per heavy atom. The minimum absolute atomic E-state index is 0.347. The summed E-state index contributed by atoms with van der Waals surface area (Å²) >= 11 is 11.8. The minimum atomic E-state index is -0.990. The average molecular weight is 382 g/mol. The Kier molecular flexibility index (Phi) is 6.82. The lowest BCUT2D eigenvalue weighted by Crippen LogP contribution is -2.30. The Morgan fingerprint density at radius 1 is 1.12 bits per heavy atom. The molecule has 2 aromatic carbocycles. The van der Waals surface area contributed by atoms with Crippen LogP contribution in [0.3, 0.4) is 0 Å². The molecule has 0 saturated heterocycles. The summed E-state index contributed by atoms with van der Waals surface area (Å²) in [5, 5.41) is 3.39. The first-order valence-electron chi connectivity index (χ1n) is 7.45. The topological polar surface area (TPSA) is 64.6 Å². The molecule has 0 fully saturated rings. The summed E-state index contributed by atoms with van der Waals surface area (Å²) in [4.78, 5) is 24.4. The molecule has 0 radical (unpaired) electrons. The maximum absolute atomic E-state index is 12.2. The predicted molar refractivity (Wildman–Crippen MR) is 97.1 cm³/mol. The average Bonchev–Trinajstić information content (AvgIpc) is 2.54. The third-order valence-electron chi connectivity index (χ3n) is 3.26. The van der Waals surface area contributed by atoms with Gasteiger partial charge in [0.1, 0.15) is 0 Å². The number of rotatable bonds is 6. The van der Waals surface area contributed by atoms with Gasteiger partial charge in [-0.25, -0.2) is 4.79 Å². The monoisotopic (exact) mass is 381 g/mol. The maximum atomic E-state index is 12.2. The third kappa shape index (κ3) is 5.74. The van der Waals surface area contributed by atoms with Crippen molar-refractivity contribution in [3.63, 3.8) is 0 Å². The van der Waals surface area contributed by atoms with Crippen molar-refractivity contribution in [1.82, 2.24) is 0 Å². The standard InChI is InChI=1S/C18H17Cl2NO4/c1-11(17(22)21-16-8-14(19)7-15(20)9-16)25-18(23)13-5-3-4-12(6-13)10-24-2/h3-9,11H,10H2,1-2H3,(H,21,22)/t11-/m1/s1. The second-order valence-electron chi connectivity index (χ2n) is 5.33. The van der Waals surface area contributed by atoms with Crippen LogP contribution in [0, 0.1) is 0 Å². The molecule has 0 aliphatic rings. The second kappa shape index (κ2) is 8.85. The van der Waals surface area contributed by atoms with Gasteiger partial charge in [0.15, 0.2) is 6.10 Å². The van der Waals surface area contributed by atoms with Gasteiger partial charge in [-0.2, -0.15) is 0 Å². The molecular weight excluding hydrogens is 365 g/mol. The summed E-state index contributed by atoms with van der Waals surface area (Å²) in [6.07, 6.45) is -0.990. The van der Waals surface area contributed by atoms with Crippen LogP contribution < -0.4 is 5.32 Å². The molecule has 25 heavy (non-hydrogen) atoms. The van der Waals surface area contributed by atoms with Gasteiger partial charge < -0.3 is 14.8 Å². The third-order valence-corrected chi connectivity index (χ3v) is 3.69. The molecule has 0 heterocycles.